The summed E-state index contributed by atoms with van der Waals surface area (Å²) in [7, 11) is 0. The lowest BCUT2D eigenvalue weighted by atomic mass is 10.5. The molecule has 0 amide bonds. The maximum atomic E-state index is 7.92. The standard InChI is InChI=1S/C3H5NO/c4-2-1-3-5/h5H,1,3H2/i1T. The number of nitrogens with zero attached hydrogens (tertiary/aromatic N) is 1. The molecule has 0 aliphatic heterocycles. The van der Waals surface area contributed by atoms with E-state index in [-0.39, 0.29) is 6.61 Å². The molecule has 0 rings (SSSR count). The van der Waals surface area contributed by atoms with E-state index in [0.29, 0.717) is 0 Å². The summed E-state index contributed by atoms with van der Waals surface area (Å²) in [6.07, 6.45) is -0.954. The van der Waals surface area contributed by atoms with Gasteiger partial charge in [0.1, 0.15) is 0 Å². The third kappa shape index (κ3) is 3.45. The zero-order valence-corrected chi connectivity index (χ0v) is 2.68. The monoisotopic (exact) mass is 73.0 g/mol. The molecule has 0 saturated carbocycles. The highest BCUT2D eigenvalue weighted by molar-refractivity contribution is 4.65. The molecule has 0 radical (unpaired) electrons. The summed E-state index contributed by atoms with van der Waals surface area (Å²) in [5, 5.41) is 15.7. The van der Waals surface area contributed by atoms with Gasteiger partial charge in [0.15, 0.2) is 0 Å². The first-order valence-electron chi connectivity index (χ1n) is 1.81. The molecule has 0 aromatic rings. The average Bonchev–Trinajstić information content (AvgIpc) is 1.65. The highest BCUT2D eigenvalue weighted by atomic mass is 16.2. The lowest BCUT2D eigenvalue weighted by Gasteiger charge is -1.67. The summed E-state index contributed by atoms with van der Waals surface area (Å²) in [4.78, 5) is 0. The normalized spacial score (nSPS) is 15.6. The fraction of sp³-hybridized carbons (Fsp3) is 0.667. The van der Waals surface area contributed by atoms with Crippen LogP contribution in [0.4, 0.5) is 0 Å². The Kier molecular flexibility index (Phi) is 1.85. The molecule has 0 heterocycles. The van der Waals surface area contributed by atoms with Gasteiger partial charge in [0.25, 0.3) is 0 Å². The van der Waals surface area contributed by atoms with Crippen LogP contribution >= 0.6 is 0 Å². The summed E-state index contributed by atoms with van der Waals surface area (Å²) in [5.41, 5.74) is 0. The molecule has 2 heteroatoms. The number of aliphatic hydroxyl groups excluding tert-OH is 1. The van der Waals surface area contributed by atoms with Crippen LogP contribution in [0.25, 0.3) is 0 Å². The molecule has 0 aliphatic carbocycles. The van der Waals surface area contributed by atoms with Crippen molar-refractivity contribution in [2.75, 3.05) is 6.61 Å². The van der Waals surface area contributed by atoms with Gasteiger partial charge in [-0.1, -0.05) is 0 Å². The molecule has 1 N–H and O–H groups in total. The molecular weight excluding hydrogens is 66.0 g/mol. The van der Waals surface area contributed by atoms with Crippen LogP contribution in [0, 0.1) is 11.3 Å². The van der Waals surface area contributed by atoms with E-state index >= 15 is 0 Å². The molecule has 0 aliphatic rings. The van der Waals surface area contributed by atoms with E-state index in [0.717, 1.165) is 0 Å². The lowest BCUT2D eigenvalue weighted by Crippen LogP contribution is -1.72. The second-order valence-corrected chi connectivity index (χ2v) is 0.516. The van der Waals surface area contributed by atoms with Crippen molar-refractivity contribution in [3.05, 3.63) is 0 Å². The minimum Gasteiger partial charge on any atom is -0.395 e. The van der Waals surface area contributed by atoms with Gasteiger partial charge in [-0.2, -0.15) is 5.26 Å². The van der Waals surface area contributed by atoms with Crippen LogP contribution in [0.1, 0.15) is 7.77 Å². The van der Waals surface area contributed by atoms with Crippen LogP contribution < -0.4 is 0 Å². The van der Waals surface area contributed by atoms with Crippen molar-refractivity contribution in [3.8, 4) is 6.07 Å². The average molecular weight is 73.1 g/mol. The number of hydrogen-bond acceptors (Lipinski definition) is 2. The third-order valence-electron chi connectivity index (χ3n) is 0.183. The SMILES string of the molecule is [3H]C(C#N)CO. The van der Waals surface area contributed by atoms with Crippen molar-refractivity contribution in [1.29, 1.82) is 5.26 Å². The molecule has 28 valence electrons. The van der Waals surface area contributed by atoms with E-state index in [9.17, 15) is 0 Å². The molecule has 0 aromatic carbocycles. The second-order valence-electron chi connectivity index (χ2n) is 0.516. The molecule has 0 fully saturated rings. The molecule has 0 spiro atoms. The van der Waals surface area contributed by atoms with E-state index in [1.165, 1.54) is 6.07 Å². The van der Waals surface area contributed by atoms with Gasteiger partial charge in [0.2, 0.25) is 0 Å². The van der Waals surface area contributed by atoms with Crippen LogP contribution in [-0.4, -0.2) is 11.7 Å². The highest BCUT2D eigenvalue weighted by Gasteiger charge is 1.66. The Morgan fingerprint density at radius 3 is 2.80 bits per heavy atom. The number of rotatable bonds is 1. The molecule has 0 saturated heterocycles. The summed E-state index contributed by atoms with van der Waals surface area (Å²) in [6.45, 7) is -0.365. The molecular formula is C3H5NO. The van der Waals surface area contributed by atoms with Gasteiger partial charge in [0, 0.05) is 1.37 Å². The lowest BCUT2D eigenvalue weighted by molar-refractivity contribution is 0.304. The maximum absolute atomic E-state index is 7.92. The van der Waals surface area contributed by atoms with E-state index in [1.54, 1.807) is 0 Å². The van der Waals surface area contributed by atoms with Crippen molar-refractivity contribution in [1.82, 2.24) is 0 Å². The highest BCUT2D eigenvalue weighted by Crippen LogP contribution is 1.62. The molecule has 0 aromatic heterocycles. The second kappa shape index (κ2) is 3.45. The molecule has 0 bridgehead atoms. The van der Waals surface area contributed by atoms with Gasteiger partial charge < -0.3 is 5.11 Å². The topological polar surface area (TPSA) is 44.0 Å². The number of aliphatic hydroxyl groups is 1. The first-order chi connectivity index (χ1) is 2.81. The minimum atomic E-state index is -0.954. The summed E-state index contributed by atoms with van der Waals surface area (Å²) in [5.74, 6) is 0. The summed E-state index contributed by atoms with van der Waals surface area (Å²) >= 11 is 0. The Bertz CT molecular complexity index is 67.7. The van der Waals surface area contributed by atoms with Gasteiger partial charge in [0.05, 0.1) is 19.1 Å². The van der Waals surface area contributed by atoms with Crippen LogP contribution in [0.5, 0.6) is 0 Å². The Balaban J connectivity index is 3.04. The minimum absolute atomic E-state index is 0.365. The number of hydrogen-bond donors (Lipinski definition) is 1. The largest absolute Gasteiger partial charge is 0.395 e. The molecule has 2 nitrogen and oxygen atoms in total. The summed E-state index contributed by atoms with van der Waals surface area (Å²) < 4.78 is 6.46. The fourth-order valence-corrected chi connectivity index (χ4v) is 0.0408. The fourth-order valence-electron chi connectivity index (χ4n) is 0.0408. The van der Waals surface area contributed by atoms with Crippen molar-refractivity contribution in [2.24, 2.45) is 0 Å². The van der Waals surface area contributed by atoms with Crippen molar-refractivity contribution < 1.29 is 6.48 Å². The van der Waals surface area contributed by atoms with Gasteiger partial charge in [-0.25, -0.2) is 0 Å². The zero-order valence-electron chi connectivity index (χ0n) is 3.68. The van der Waals surface area contributed by atoms with Gasteiger partial charge in [-0.15, -0.1) is 0 Å². The first kappa shape index (κ1) is 2.67. The van der Waals surface area contributed by atoms with E-state index in [1.807, 2.05) is 0 Å². The quantitative estimate of drug-likeness (QED) is 0.470. The van der Waals surface area contributed by atoms with Crippen molar-refractivity contribution in [2.45, 2.75) is 6.40 Å². The van der Waals surface area contributed by atoms with Crippen molar-refractivity contribution in [3.63, 3.8) is 0 Å². The predicted molar refractivity (Wildman–Crippen MR) is 17.3 cm³/mol. The third-order valence-corrected chi connectivity index (χ3v) is 0.183. The van der Waals surface area contributed by atoms with E-state index < -0.39 is 6.40 Å². The first-order valence-corrected chi connectivity index (χ1v) is 1.24. The Morgan fingerprint density at radius 2 is 2.80 bits per heavy atom. The molecule has 1 unspecified atom stereocenters. The van der Waals surface area contributed by atoms with Crippen LogP contribution in [-0.2, 0) is 0 Å². The molecule has 1 atom stereocenters. The zero-order chi connectivity index (χ0) is 4.99. The van der Waals surface area contributed by atoms with E-state index in [2.05, 4.69) is 0 Å². The number of nitriles is 1. The summed E-state index contributed by atoms with van der Waals surface area (Å²) in [6, 6.07) is 1.53. The Hall–Kier alpha value is -0.550. The van der Waals surface area contributed by atoms with Gasteiger partial charge in [-0.3, -0.25) is 0 Å². The van der Waals surface area contributed by atoms with Crippen molar-refractivity contribution >= 4 is 0 Å². The van der Waals surface area contributed by atoms with Gasteiger partial charge in [-0.05, 0) is 0 Å². The smallest absolute Gasteiger partial charge is 0.0645 e. The van der Waals surface area contributed by atoms with Crippen LogP contribution in [0.15, 0.2) is 0 Å². The Morgan fingerprint density at radius 1 is 2.20 bits per heavy atom. The molecule has 5 heavy (non-hydrogen) atoms. The Labute approximate surface area is 32.1 Å². The van der Waals surface area contributed by atoms with Crippen LogP contribution in [0.3, 0.4) is 0 Å². The van der Waals surface area contributed by atoms with Gasteiger partial charge >= 0.3 is 0 Å². The van der Waals surface area contributed by atoms with E-state index in [4.69, 9.17) is 11.7 Å². The van der Waals surface area contributed by atoms with Crippen LogP contribution in [0.2, 0.25) is 0 Å². The predicted octanol–water partition coefficient (Wildman–Crippen LogP) is -0.108. The maximum Gasteiger partial charge on any atom is 0.0645 e.